The van der Waals surface area contributed by atoms with E-state index in [2.05, 4.69) is 11.4 Å². The van der Waals surface area contributed by atoms with Gasteiger partial charge in [0.15, 0.2) is 0 Å². The monoisotopic (exact) mass is 402 g/mol. The summed E-state index contributed by atoms with van der Waals surface area (Å²) < 4.78 is 6.15. The van der Waals surface area contributed by atoms with Crippen molar-refractivity contribution in [2.24, 2.45) is 0 Å². The minimum Gasteiger partial charge on any atom is -0.497 e. The molecule has 0 aliphatic heterocycles. The number of carbonyl (C=O) groups excluding carboxylic acids is 1. The lowest BCUT2D eigenvalue weighted by Crippen LogP contribution is -2.10. The molecule has 0 saturated carbocycles. The summed E-state index contributed by atoms with van der Waals surface area (Å²) >= 11 is 9.31. The van der Waals surface area contributed by atoms with Gasteiger partial charge in [-0.15, -0.1) is 22.7 Å². The normalized spacial score (nSPS) is 13.3. The third-order valence-corrected chi connectivity index (χ3v) is 7.43. The van der Waals surface area contributed by atoms with E-state index in [1.165, 1.54) is 27.6 Å². The SMILES string of the molecule is COc1ccc2sc(C(=O)Nc3sc4c(c3C#N)CCCC4)c(Cl)c2c1. The molecule has 1 aliphatic rings. The molecule has 1 amide bonds. The van der Waals surface area contributed by atoms with Gasteiger partial charge in [0.2, 0.25) is 0 Å². The fraction of sp³-hybridized carbons (Fsp3) is 0.263. The number of rotatable bonds is 3. The first-order valence-corrected chi connectivity index (χ1v) is 10.3. The number of nitrogens with zero attached hydrogens (tertiary/aromatic N) is 1. The van der Waals surface area contributed by atoms with Crippen molar-refractivity contribution in [2.45, 2.75) is 25.7 Å². The molecule has 26 heavy (non-hydrogen) atoms. The fourth-order valence-electron chi connectivity index (χ4n) is 3.25. The topological polar surface area (TPSA) is 62.1 Å². The molecule has 4 nitrogen and oxygen atoms in total. The minimum atomic E-state index is -0.273. The molecule has 4 rings (SSSR count). The zero-order valence-electron chi connectivity index (χ0n) is 14.0. The third-order valence-electron chi connectivity index (χ3n) is 4.55. The van der Waals surface area contributed by atoms with E-state index in [9.17, 15) is 10.1 Å². The van der Waals surface area contributed by atoms with E-state index < -0.39 is 0 Å². The number of methoxy groups -OCH3 is 1. The van der Waals surface area contributed by atoms with Crippen molar-refractivity contribution in [2.75, 3.05) is 12.4 Å². The molecule has 1 N–H and O–H groups in total. The van der Waals surface area contributed by atoms with Crippen LogP contribution in [0.2, 0.25) is 5.02 Å². The second-order valence-corrected chi connectivity index (χ2v) is 8.62. The van der Waals surface area contributed by atoms with Crippen LogP contribution in [0.5, 0.6) is 5.75 Å². The summed E-state index contributed by atoms with van der Waals surface area (Å²) in [5.41, 5.74) is 1.71. The van der Waals surface area contributed by atoms with Crippen molar-refractivity contribution < 1.29 is 9.53 Å². The molecule has 0 atom stereocenters. The zero-order valence-corrected chi connectivity index (χ0v) is 16.4. The quantitative estimate of drug-likeness (QED) is 0.617. The summed E-state index contributed by atoms with van der Waals surface area (Å²) in [6.45, 7) is 0. The maximum absolute atomic E-state index is 12.8. The molecule has 1 aromatic carbocycles. The number of benzene rings is 1. The van der Waals surface area contributed by atoms with Crippen molar-refractivity contribution in [3.8, 4) is 11.8 Å². The number of hydrogen-bond acceptors (Lipinski definition) is 5. The van der Waals surface area contributed by atoms with Crippen molar-refractivity contribution >= 4 is 55.3 Å². The molecule has 7 heteroatoms. The van der Waals surface area contributed by atoms with Crippen LogP contribution in [0, 0.1) is 11.3 Å². The summed E-state index contributed by atoms with van der Waals surface area (Å²) in [7, 11) is 1.59. The van der Waals surface area contributed by atoms with Gasteiger partial charge in [0.25, 0.3) is 5.91 Å². The number of ether oxygens (including phenoxy) is 1. The lowest BCUT2D eigenvalue weighted by molar-refractivity contribution is 0.103. The first-order chi connectivity index (χ1) is 12.6. The molecule has 0 bridgehead atoms. The lowest BCUT2D eigenvalue weighted by atomic mass is 9.96. The van der Waals surface area contributed by atoms with Crippen molar-refractivity contribution in [1.29, 1.82) is 5.26 Å². The molecule has 132 valence electrons. The third kappa shape index (κ3) is 2.86. The Bertz CT molecular complexity index is 1060. The molecule has 3 aromatic rings. The Morgan fingerprint density at radius 3 is 2.88 bits per heavy atom. The number of fused-ring (bicyclic) bond motifs is 2. The Hall–Kier alpha value is -2.07. The van der Waals surface area contributed by atoms with E-state index in [1.807, 2.05) is 18.2 Å². The number of aryl methyl sites for hydroxylation is 1. The standard InChI is InChI=1S/C19H15ClN2O2S2/c1-24-10-6-7-15-12(8-10)16(20)17(25-15)18(23)22-19-13(9-21)11-4-2-3-5-14(11)26-19/h6-8H,2-5H2,1H3,(H,22,23). The van der Waals surface area contributed by atoms with Gasteiger partial charge in [-0.2, -0.15) is 5.26 Å². The molecule has 0 unspecified atom stereocenters. The number of thiophene rings is 2. The van der Waals surface area contributed by atoms with Gasteiger partial charge in [-0.05, 0) is 49.4 Å². The van der Waals surface area contributed by atoms with E-state index in [0.29, 0.717) is 26.2 Å². The van der Waals surface area contributed by atoms with Crippen LogP contribution in [0.3, 0.4) is 0 Å². The second kappa shape index (κ2) is 6.92. The Morgan fingerprint density at radius 2 is 2.12 bits per heavy atom. The number of anilines is 1. The molecule has 2 heterocycles. The second-order valence-electron chi connectivity index (χ2n) is 6.09. The number of hydrogen-bond donors (Lipinski definition) is 1. The smallest absolute Gasteiger partial charge is 0.267 e. The van der Waals surface area contributed by atoms with E-state index >= 15 is 0 Å². The van der Waals surface area contributed by atoms with Crippen molar-refractivity contribution in [3.05, 3.63) is 44.1 Å². The van der Waals surface area contributed by atoms with Gasteiger partial charge in [0.1, 0.15) is 21.7 Å². The summed E-state index contributed by atoms with van der Waals surface area (Å²) in [6.07, 6.45) is 4.12. The van der Waals surface area contributed by atoms with E-state index in [0.717, 1.165) is 41.3 Å². The van der Waals surface area contributed by atoms with Crippen LogP contribution >= 0.6 is 34.3 Å². The molecule has 1 aliphatic carbocycles. The van der Waals surface area contributed by atoms with Gasteiger partial charge in [-0.3, -0.25) is 4.79 Å². The molecule has 0 fully saturated rings. The number of nitrogens with one attached hydrogen (secondary N) is 1. The molecular formula is C19H15ClN2O2S2. The maximum atomic E-state index is 12.8. The number of amides is 1. The first kappa shape index (κ1) is 17.3. The predicted molar refractivity (Wildman–Crippen MR) is 107 cm³/mol. The van der Waals surface area contributed by atoms with Crippen LogP contribution < -0.4 is 10.1 Å². The summed E-state index contributed by atoms with van der Waals surface area (Å²) in [5, 5.41) is 14.3. The highest BCUT2D eigenvalue weighted by atomic mass is 35.5. The van der Waals surface area contributed by atoms with Crippen LogP contribution in [0.1, 0.15) is 38.5 Å². The van der Waals surface area contributed by atoms with Gasteiger partial charge in [-0.1, -0.05) is 11.6 Å². The summed E-state index contributed by atoms with van der Waals surface area (Å²) in [5.74, 6) is 0.423. The number of carbonyl (C=O) groups is 1. The van der Waals surface area contributed by atoms with E-state index in [1.54, 1.807) is 7.11 Å². The Morgan fingerprint density at radius 1 is 1.31 bits per heavy atom. The highest BCUT2D eigenvalue weighted by Gasteiger charge is 2.24. The summed E-state index contributed by atoms with van der Waals surface area (Å²) in [4.78, 5) is 14.5. The zero-order chi connectivity index (χ0) is 18.3. The van der Waals surface area contributed by atoms with Gasteiger partial charge in [0.05, 0.1) is 17.7 Å². The minimum absolute atomic E-state index is 0.273. The maximum Gasteiger partial charge on any atom is 0.267 e. The van der Waals surface area contributed by atoms with Crippen LogP contribution in [-0.2, 0) is 12.8 Å². The molecule has 2 aromatic heterocycles. The van der Waals surface area contributed by atoms with E-state index in [4.69, 9.17) is 16.3 Å². The largest absolute Gasteiger partial charge is 0.497 e. The van der Waals surface area contributed by atoms with Crippen molar-refractivity contribution in [3.63, 3.8) is 0 Å². The first-order valence-electron chi connectivity index (χ1n) is 8.24. The Kier molecular flexibility index (Phi) is 4.62. The van der Waals surface area contributed by atoms with Gasteiger partial charge >= 0.3 is 0 Å². The van der Waals surface area contributed by atoms with Crippen LogP contribution in [0.4, 0.5) is 5.00 Å². The molecular weight excluding hydrogens is 388 g/mol. The average molecular weight is 403 g/mol. The van der Waals surface area contributed by atoms with Gasteiger partial charge in [-0.25, -0.2) is 0 Å². The van der Waals surface area contributed by atoms with Crippen LogP contribution in [0.15, 0.2) is 18.2 Å². The average Bonchev–Trinajstić information content (AvgIpc) is 3.18. The molecule has 0 saturated heterocycles. The number of halogens is 1. The molecule has 0 spiro atoms. The Balaban J connectivity index is 1.69. The lowest BCUT2D eigenvalue weighted by Gasteiger charge is -2.09. The molecule has 0 radical (unpaired) electrons. The van der Waals surface area contributed by atoms with Crippen LogP contribution in [-0.4, -0.2) is 13.0 Å². The predicted octanol–water partition coefficient (Wildman–Crippen LogP) is 5.63. The fourth-order valence-corrected chi connectivity index (χ4v) is 5.87. The van der Waals surface area contributed by atoms with Gasteiger partial charge in [0, 0.05) is 15.0 Å². The Labute approximate surface area is 164 Å². The highest BCUT2D eigenvalue weighted by Crippen LogP contribution is 2.40. The number of nitriles is 1. The summed E-state index contributed by atoms with van der Waals surface area (Å²) in [6, 6.07) is 7.84. The van der Waals surface area contributed by atoms with Gasteiger partial charge < -0.3 is 10.1 Å². The van der Waals surface area contributed by atoms with Crippen molar-refractivity contribution in [1.82, 2.24) is 0 Å². The highest BCUT2D eigenvalue weighted by molar-refractivity contribution is 7.22. The van der Waals surface area contributed by atoms with E-state index in [-0.39, 0.29) is 5.91 Å². The van der Waals surface area contributed by atoms with Crippen LogP contribution in [0.25, 0.3) is 10.1 Å².